The first-order valence-corrected chi connectivity index (χ1v) is 10.7. The number of esters is 1. The Labute approximate surface area is 195 Å². The molecule has 3 amide bonds. The summed E-state index contributed by atoms with van der Waals surface area (Å²) in [6.07, 6.45) is 1.66. The van der Waals surface area contributed by atoms with E-state index in [0.29, 0.717) is 11.3 Å². The molecule has 1 aliphatic heterocycles. The molecule has 0 aliphatic carbocycles. The van der Waals surface area contributed by atoms with Crippen LogP contribution in [0.3, 0.4) is 0 Å². The first-order chi connectivity index (χ1) is 16.5. The van der Waals surface area contributed by atoms with E-state index in [1.165, 1.54) is 24.3 Å². The third-order valence-corrected chi connectivity index (χ3v) is 5.52. The van der Waals surface area contributed by atoms with Gasteiger partial charge in [-0.05, 0) is 47.5 Å². The fraction of sp³-hybridized carbons (Fsp3) is 0.200. The van der Waals surface area contributed by atoms with Crippen molar-refractivity contribution in [1.82, 2.24) is 10.2 Å². The number of ether oxygens (including phenoxy) is 1. The van der Waals surface area contributed by atoms with Crippen molar-refractivity contribution in [1.29, 1.82) is 0 Å². The summed E-state index contributed by atoms with van der Waals surface area (Å²) in [6, 6.07) is 16.1. The molecule has 0 spiro atoms. The fourth-order valence-electron chi connectivity index (χ4n) is 3.77. The summed E-state index contributed by atoms with van der Waals surface area (Å²) in [4.78, 5) is 51.2. The van der Waals surface area contributed by atoms with Crippen LogP contribution in [0, 0.1) is 0 Å². The topological polar surface area (TPSA) is 118 Å². The molecule has 2 heterocycles. The number of nitrogens with zero attached hydrogens (tertiary/aromatic N) is 1. The molecule has 0 unspecified atom stereocenters. The molecule has 9 nitrogen and oxygen atoms in total. The van der Waals surface area contributed by atoms with Crippen molar-refractivity contribution in [3.63, 3.8) is 0 Å². The Morgan fingerprint density at radius 3 is 2.41 bits per heavy atom. The lowest BCUT2D eigenvalue weighted by Crippen LogP contribution is -2.49. The molecule has 174 valence electrons. The van der Waals surface area contributed by atoms with Crippen molar-refractivity contribution in [2.24, 2.45) is 0 Å². The highest BCUT2D eigenvalue weighted by molar-refractivity contribution is 5.97. The van der Waals surface area contributed by atoms with Crippen LogP contribution in [-0.2, 0) is 27.3 Å². The zero-order valence-corrected chi connectivity index (χ0v) is 18.4. The van der Waals surface area contributed by atoms with Gasteiger partial charge in [0.1, 0.15) is 6.04 Å². The summed E-state index contributed by atoms with van der Waals surface area (Å²) in [5, 5.41) is 5.13. The van der Waals surface area contributed by atoms with Gasteiger partial charge in [0, 0.05) is 31.3 Å². The van der Waals surface area contributed by atoms with Gasteiger partial charge in [-0.3, -0.25) is 14.4 Å². The van der Waals surface area contributed by atoms with E-state index in [1.807, 2.05) is 24.3 Å². The van der Waals surface area contributed by atoms with Gasteiger partial charge in [0.15, 0.2) is 12.4 Å². The van der Waals surface area contributed by atoms with Crippen molar-refractivity contribution in [2.75, 3.05) is 19.0 Å². The largest absolute Gasteiger partial charge is 0.459 e. The van der Waals surface area contributed by atoms with Gasteiger partial charge in [0.2, 0.25) is 0 Å². The maximum absolute atomic E-state index is 13.0. The first-order valence-electron chi connectivity index (χ1n) is 10.7. The molecule has 1 aliphatic rings. The van der Waals surface area contributed by atoms with E-state index in [-0.39, 0.29) is 24.6 Å². The molecule has 1 aromatic heterocycles. The maximum Gasteiger partial charge on any atom is 0.329 e. The average molecular weight is 461 g/mol. The Bertz CT molecular complexity index is 1200. The molecular weight excluding hydrogens is 438 g/mol. The van der Waals surface area contributed by atoms with Gasteiger partial charge in [0.05, 0.1) is 6.26 Å². The van der Waals surface area contributed by atoms with E-state index in [1.54, 1.807) is 30.3 Å². The van der Waals surface area contributed by atoms with Crippen LogP contribution in [0.5, 0.6) is 0 Å². The predicted molar refractivity (Wildman–Crippen MR) is 122 cm³/mol. The molecule has 0 fully saturated rings. The Morgan fingerprint density at radius 1 is 1.00 bits per heavy atom. The number of hydrogen-bond donors (Lipinski definition) is 2. The van der Waals surface area contributed by atoms with Gasteiger partial charge in [-0.2, -0.15) is 0 Å². The molecule has 0 saturated heterocycles. The molecule has 0 radical (unpaired) electrons. The SMILES string of the molecule is CNC(=O)c1ccc(NC(=O)COC(=O)[C@@H]2Cc3ccccc3CN2C(=O)c2ccco2)cc1. The normalized spacial score (nSPS) is 14.6. The molecular formula is C25H23N3O6. The zero-order valence-electron chi connectivity index (χ0n) is 18.4. The number of benzene rings is 2. The number of carbonyl (C=O) groups excluding carboxylic acids is 4. The van der Waals surface area contributed by atoms with E-state index in [9.17, 15) is 19.2 Å². The summed E-state index contributed by atoms with van der Waals surface area (Å²) in [6.45, 7) is -0.295. The van der Waals surface area contributed by atoms with Crippen molar-refractivity contribution in [2.45, 2.75) is 19.0 Å². The number of fused-ring (bicyclic) bond motifs is 1. The molecule has 9 heteroatoms. The molecule has 0 bridgehead atoms. The van der Waals surface area contributed by atoms with Crippen LogP contribution in [-0.4, -0.2) is 48.3 Å². The van der Waals surface area contributed by atoms with Crippen LogP contribution < -0.4 is 10.6 Å². The van der Waals surface area contributed by atoms with Gasteiger partial charge in [-0.25, -0.2) is 4.79 Å². The van der Waals surface area contributed by atoms with Crippen molar-refractivity contribution < 1.29 is 28.3 Å². The Hall–Kier alpha value is -4.40. The Kier molecular flexibility index (Phi) is 6.72. The minimum atomic E-state index is -0.896. The Morgan fingerprint density at radius 2 is 1.74 bits per heavy atom. The number of amides is 3. The first kappa shape index (κ1) is 22.8. The summed E-state index contributed by atoms with van der Waals surface area (Å²) in [7, 11) is 1.53. The van der Waals surface area contributed by atoms with Crippen LogP contribution in [0.2, 0.25) is 0 Å². The van der Waals surface area contributed by atoms with E-state index < -0.39 is 30.4 Å². The quantitative estimate of drug-likeness (QED) is 0.545. The van der Waals surface area contributed by atoms with Crippen LogP contribution in [0.1, 0.15) is 32.0 Å². The second-order valence-corrected chi connectivity index (χ2v) is 7.71. The van der Waals surface area contributed by atoms with Gasteiger partial charge in [-0.1, -0.05) is 24.3 Å². The second-order valence-electron chi connectivity index (χ2n) is 7.71. The lowest BCUT2D eigenvalue weighted by molar-refractivity contribution is -0.152. The summed E-state index contributed by atoms with van der Waals surface area (Å²) in [5.74, 6) is -1.77. The van der Waals surface area contributed by atoms with Gasteiger partial charge < -0.3 is 24.7 Å². The fourth-order valence-corrected chi connectivity index (χ4v) is 3.77. The lowest BCUT2D eigenvalue weighted by atomic mass is 9.93. The molecule has 0 saturated carbocycles. The third kappa shape index (κ3) is 4.98. The predicted octanol–water partition coefficient (Wildman–Crippen LogP) is 2.39. The number of furan rings is 1. The average Bonchev–Trinajstić information content (AvgIpc) is 3.41. The highest BCUT2D eigenvalue weighted by Crippen LogP contribution is 2.26. The third-order valence-electron chi connectivity index (χ3n) is 5.52. The van der Waals surface area contributed by atoms with Crippen molar-refractivity contribution in [3.05, 3.63) is 89.4 Å². The summed E-state index contributed by atoms with van der Waals surface area (Å²) in [5.41, 5.74) is 2.78. The number of nitrogens with one attached hydrogen (secondary N) is 2. The lowest BCUT2D eigenvalue weighted by Gasteiger charge is -2.34. The number of carbonyl (C=O) groups is 4. The number of anilines is 1. The van der Waals surface area contributed by atoms with Crippen LogP contribution in [0.25, 0.3) is 0 Å². The molecule has 2 aromatic carbocycles. The molecule has 34 heavy (non-hydrogen) atoms. The van der Waals surface area contributed by atoms with E-state index in [4.69, 9.17) is 9.15 Å². The van der Waals surface area contributed by atoms with Crippen molar-refractivity contribution in [3.8, 4) is 0 Å². The van der Waals surface area contributed by atoms with Crippen LogP contribution >= 0.6 is 0 Å². The van der Waals surface area contributed by atoms with E-state index in [2.05, 4.69) is 10.6 Å². The summed E-state index contributed by atoms with van der Waals surface area (Å²) >= 11 is 0. The minimum absolute atomic E-state index is 0.120. The minimum Gasteiger partial charge on any atom is -0.459 e. The number of hydrogen-bond acceptors (Lipinski definition) is 6. The standard InChI is InChI=1S/C25H23N3O6/c1-26-23(30)16-8-10-19(11-9-16)27-22(29)15-34-25(32)20-13-17-5-2-3-6-18(17)14-28(20)24(31)21-7-4-12-33-21/h2-12,20H,13-15H2,1H3,(H,26,30)(H,27,29)/t20-/m0/s1. The highest BCUT2D eigenvalue weighted by atomic mass is 16.5. The monoisotopic (exact) mass is 461 g/mol. The molecule has 2 N–H and O–H groups in total. The smallest absolute Gasteiger partial charge is 0.329 e. The summed E-state index contributed by atoms with van der Waals surface area (Å²) < 4.78 is 10.5. The molecule has 3 aromatic rings. The second kappa shape index (κ2) is 10.0. The van der Waals surface area contributed by atoms with Crippen LogP contribution in [0.4, 0.5) is 5.69 Å². The van der Waals surface area contributed by atoms with Gasteiger partial charge >= 0.3 is 5.97 Å². The highest BCUT2D eigenvalue weighted by Gasteiger charge is 2.37. The zero-order chi connectivity index (χ0) is 24.1. The van der Waals surface area contributed by atoms with E-state index in [0.717, 1.165) is 11.1 Å². The Balaban J connectivity index is 1.41. The molecule has 4 rings (SSSR count). The maximum atomic E-state index is 13.0. The van der Waals surface area contributed by atoms with E-state index >= 15 is 0 Å². The molecule has 1 atom stereocenters. The number of rotatable bonds is 6. The van der Waals surface area contributed by atoms with Gasteiger partial charge in [0.25, 0.3) is 17.7 Å². The van der Waals surface area contributed by atoms with Crippen molar-refractivity contribution >= 4 is 29.4 Å². The van der Waals surface area contributed by atoms with Gasteiger partial charge in [-0.15, -0.1) is 0 Å². The van der Waals surface area contributed by atoms with Crippen LogP contribution in [0.15, 0.2) is 71.3 Å².